The van der Waals surface area contributed by atoms with Gasteiger partial charge in [-0.3, -0.25) is 9.80 Å². The Bertz CT molecular complexity index is 816. The van der Waals surface area contributed by atoms with Crippen LogP contribution >= 0.6 is 0 Å². The number of carbonyl (C=O) groups excluding carboxylic acids is 1. The molecule has 2 aromatic rings. The fourth-order valence-electron chi connectivity index (χ4n) is 3.81. The third-order valence-electron chi connectivity index (χ3n) is 5.15. The van der Waals surface area contributed by atoms with E-state index in [2.05, 4.69) is 23.1 Å². The Morgan fingerprint density at radius 3 is 2.41 bits per heavy atom. The number of fused-ring (bicyclic) bond motifs is 1. The summed E-state index contributed by atoms with van der Waals surface area (Å²) in [4.78, 5) is 16.7. The van der Waals surface area contributed by atoms with Gasteiger partial charge in [0.1, 0.15) is 5.60 Å². The van der Waals surface area contributed by atoms with Gasteiger partial charge in [-0.1, -0.05) is 54.6 Å². The number of amides is 1. The van der Waals surface area contributed by atoms with E-state index in [0.717, 1.165) is 12.1 Å². The number of nitrogens with zero attached hydrogens (tertiary/aromatic N) is 2. The van der Waals surface area contributed by atoms with E-state index in [9.17, 15) is 9.90 Å². The minimum Gasteiger partial charge on any atom is -0.444 e. The van der Waals surface area contributed by atoms with Crippen LogP contribution in [0.2, 0.25) is 0 Å². The van der Waals surface area contributed by atoms with Gasteiger partial charge in [-0.15, -0.1) is 0 Å². The quantitative estimate of drug-likeness (QED) is 0.834. The maximum absolute atomic E-state index is 12.9. The van der Waals surface area contributed by atoms with E-state index >= 15 is 0 Å². The van der Waals surface area contributed by atoms with Crippen molar-refractivity contribution in [2.24, 2.45) is 0 Å². The molecule has 3 rings (SSSR count). The number of rotatable bonds is 5. The molecule has 1 aliphatic heterocycles. The van der Waals surface area contributed by atoms with Crippen LogP contribution in [-0.2, 0) is 24.2 Å². The molecule has 1 amide bonds. The summed E-state index contributed by atoms with van der Waals surface area (Å²) in [5, 5.41) is 11.1. The summed E-state index contributed by atoms with van der Waals surface area (Å²) in [6.45, 7) is 7.26. The van der Waals surface area contributed by atoms with Crippen LogP contribution in [0.3, 0.4) is 0 Å². The maximum Gasteiger partial charge on any atom is 0.410 e. The normalized spacial score (nSPS) is 17.7. The molecule has 0 fully saturated rings. The van der Waals surface area contributed by atoms with Crippen LogP contribution < -0.4 is 0 Å². The summed E-state index contributed by atoms with van der Waals surface area (Å²) in [6, 6.07) is 18.0. The molecule has 0 saturated heterocycles. The number of hydrogen-bond donors (Lipinski definition) is 1. The lowest BCUT2D eigenvalue weighted by molar-refractivity contribution is -0.0181. The third-order valence-corrected chi connectivity index (χ3v) is 5.15. The van der Waals surface area contributed by atoms with Crippen molar-refractivity contribution in [1.29, 1.82) is 0 Å². The molecule has 0 bridgehead atoms. The van der Waals surface area contributed by atoms with Crippen LogP contribution in [0, 0.1) is 0 Å². The number of benzene rings is 2. The zero-order chi connectivity index (χ0) is 21.0. The van der Waals surface area contributed by atoms with Gasteiger partial charge in [0.25, 0.3) is 0 Å². The van der Waals surface area contributed by atoms with Crippen LogP contribution in [0.5, 0.6) is 0 Å². The van der Waals surface area contributed by atoms with E-state index < -0.39 is 11.7 Å². The van der Waals surface area contributed by atoms with E-state index in [-0.39, 0.29) is 12.1 Å². The molecule has 2 aromatic carbocycles. The van der Waals surface area contributed by atoms with Crippen LogP contribution in [0.4, 0.5) is 4.79 Å². The van der Waals surface area contributed by atoms with Gasteiger partial charge in [0, 0.05) is 19.6 Å². The number of hydrogen-bond acceptors (Lipinski definition) is 4. The second-order valence-electron chi connectivity index (χ2n) is 8.90. The highest BCUT2D eigenvalue weighted by Crippen LogP contribution is 2.27. The topological polar surface area (TPSA) is 53.0 Å². The Labute approximate surface area is 173 Å². The Kier molecular flexibility index (Phi) is 6.60. The SMILES string of the molecule is CN(Cc1ccccc1)CC(O)[C@@H]1Cc2ccccc2CN1C(=O)OC(C)(C)C. The summed E-state index contributed by atoms with van der Waals surface area (Å²) < 4.78 is 5.64. The van der Waals surface area contributed by atoms with Crippen LogP contribution in [0.15, 0.2) is 54.6 Å². The molecule has 0 aromatic heterocycles. The van der Waals surface area contributed by atoms with Crippen molar-refractivity contribution >= 4 is 6.09 Å². The molecule has 0 saturated carbocycles. The predicted octanol–water partition coefficient (Wildman–Crippen LogP) is 3.84. The fraction of sp³-hybridized carbons (Fsp3) is 0.458. The molecule has 5 heteroatoms. The van der Waals surface area contributed by atoms with Gasteiger partial charge < -0.3 is 9.84 Å². The van der Waals surface area contributed by atoms with Gasteiger partial charge in [0.15, 0.2) is 0 Å². The highest BCUT2D eigenvalue weighted by molar-refractivity contribution is 5.69. The molecule has 1 N–H and O–H groups in total. The third kappa shape index (κ3) is 5.81. The Morgan fingerprint density at radius 2 is 1.76 bits per heavy atom. The van der Waals surface area contributed by atoms with Gasteiger partial charge >= 0.3 is 6.09 Å². The minimum absolute atomic E-state index is 0.321. The number of ether oxygens (including phenoxy) is 1. The molecule has 0 radical (unpaired) electrons. The fourth-order valence-corrected chi connectivity index (χ4v) is 3.81. The first-order valence-electron chi connectivity index (χ1n) is 10.2. The second kappa shape index (κ2) is 8.97. The summed E-state index contributed by atoms with van der Waals surface area (Å²) in [7, 11) is 1.99. The predicted molar refractivity (Wildman–Crippen MR) is 114 cm³/mol. The minimum atomic E-state index is -0.676. The molecule has 0 spiro atoms. The zero-order valence-corrected chi connectivity index (χ0v) is 17.8. The lowest BCUT2D eigenvalue weighted by atomic mass is 9.91. The van der Waals surface area contributed by atoms with Gasteiger partial charge in [0.05, 0.1) is 12.1 Å². The van der Waals surface area contributed by atoms with Gasteiger partial charge in [-0.2, -0.15) is 0 Å². The molecular formula is C24H32N2O3. The summed E-state index contributed by atoms with van der Waals surface area (Å²) in [5.41, 5.74) is 2.91. The van der Waals surface area contributed by atoms with E-state index in [1.165, 1.54) is 11.1 Å². The molecular weight excluding hydrogens is 364 g/mol. The van der Waals surface area contributed by atoms with Gasteiger partial charge in [-0.25, -0.2) is 4.79 Å². The van der Waals surface area contributed by atoms with Crippen molar-refractivity contribution in [3.63, 3.8) is 0 Å². The molecule has 1 heterocycles. The number of carbonyl (C=O) groups is 1. The van der Waals surface area contributed by atoms with Crippen LogP contribution in [-0.4, -0.2) is 52.3 Å². The molecule has 5 nitrogen and oxygen atoms in total. The monoisotopic (exact) mass is 396 g/mol. The Hall–Kier alpha value is -2.37. The first kappa shape index (κ1) is 21.3. The highest BCUT2D eigenvalue weighted by atomic mass is 16.6. The van der Waals surface area contributed by atoms with Crippen molar-refractivity contribution in [2.45, 2.75) is 58.0 Å². The van der Waals surface area contributed by atoms with Crippen molar-refractivity contribution in [1.82, 2.24) is 9.80 Å². The number of aliphatic hydroxyl groups excluding tert-OH is 1. The molecule has 0 aliphatic carbocycles. The first-order valence-corrected chi connectivity index (χ1v) is 10.2. The Balaban J connectivity index is 1.74. The average Bonchev–Trinajstić information content (AvgIpc) is 2.66. The average molecular weight is 397 g/mol. The second-order valence-corrected chi connectivity index (χ2v) is 8.90. The zero-order valence-electron chi connectivity index (χ0n) is 17.8. The first-order chi connectivity index (χ1) is 13.7. The van der Waals surface area contributed by atoms with Crippen molar-refractivity contribution in [3.05, 3.63) is 71.3 Å². The van der Waals surface area contributed by atoms with E-state index in [0.29, 0.717) is 19.5 Å². The molecule has 29 heavy (non-hydrogen) atoms. The smallest absolute Gasteiger partial charge is 0.410 e. The van der Waals surface area contributed by atoms with Crippen LogP contribution in [0.25, 0.3) is 0 Å². The van der Waals surface area contributed by atoms with E-state index in [1.807, 2.05) is 64.2 Å². The van der Waals surface area contributed by atoms with E-state index in [4.69, 9.17) is 4.74 Å². The van der Waals surface area contributed by atoms with Crippen LogP contribution in [0.1, 0.15) is 37.5 Å². The Morgan fingerprint density at radius 1 is 1.14 bits per heavy atom. The molecule has 156 valence electrons. The lowest BCUT2D eigenvalue weighted by Crippen LogP contribution is -2.54. The summed E-state index contributed by atoms with van der Waals surface area (Å²) >= 11 is 0. The maximum atomic E-state index is 12.9. The van der Waals surface area contributed by atoms with Crippen molar-refractivity contribution in [2.75, 3.05) is 13.6 Å². The molecule has 2 atom stereocenters. The van der Waals surface area contributed by atoms with E-state index in [1.54, 1.807) is 4.90 Å². The van der Waals surface area contributed by atoms with Crippen molar-refractivity contribution in [3.8, 4) is 0 Å². The standard InChI is InChI=1S/C24H32N2O3/c1-24(2,3)29-23(28)26-16-20-13-9-8-12-19(20)14-21(26)22(27)17-25(4)15-18-10-6-5-7-11-18/h5-13,21-22,27H,14-17H2,1-4H3/t21-,22?/m0/s1. The van der Waals surface area contributed by atoms with Crippen molar-refractivity contribution < 1.29 is 14.6 Å². The number of aliphatic hydroxyl groups is 1. The molecule has 1 aliphatic rings. The molecule has 1 unspecified atom stereocenters. The largest absolute Gasteiger partial charge is 0.444 e. The highest BCUT2D eigenvalue weighted by Gasteiger charge is 2.37. The van der Waals surface area contributed by atoms with Gasteiger partial charge in [0.2, 0.25) is 0 Å². The lowest BCUT2D eigenvalue weighted by Gasteiger charge is -2.40. The van der Waals surface area contributed by atoms with Gasteiger partial charge in [-0.05, 0) is 50.9 Å². The number of likely N-dealkylation sites (N-methyl/N-ethyl adjacent to an activating group) is 1. The summed E-state index contributed by atoms with van der Waals surface area (Å²) in [5.74, 6) is 0. The summed E-state index contributed by atoms with van der Waals surface area (Å²) in [6.07, 6.45) is -0.429.